The SMILES string of the molecule is NC1O[C@H](CO)[C@@H](O)[C@H](O)[C@@]1(O)OC(=O)c1cccnc1. The molecule has 0 aliphatic carbocycles. The molecule has 0 radical (unpaired) electrons. The summed E-state index contributed by atoms with van der Waals surface area (Å²) >= 11 is 0. The molecule has 1 aromatic rings. The van der Waals surface area contributed by atoms with Crippen molar-refractivity contribution in [3.05, 3.63) is 30.1 Å². The summed E-state index contributed by atoms with van der Waals surface area (Å²) in [4.78, 5) is 15.6. The lowest BCUT2D eigenvalue weighted by atomic mass is 9.95. The third-order valence-corrected chi connectivity index (χ3v) is 3.19. The van der Waals surface area contributed by atoms with Gasteiger partial charge in [0.05, 0.1) is 12.2 Å². The second-order valence-corrected chi connectivity index (χ2v) is 4.60. The van der Waals surface area contributed by atoms with E-state index in [1.807, 2.05) is 0 Å². The summed E-state index contributed by atoms with van der Waals surface area (Å²) in [6, 6.07) is 2.86. The minimum atomic E-state index is -2.65. The van der Waals surface area contributed by atoms with Gasteiger partial charge in [0.2, 0.25) is 0 Å². The van der Waals surface area contributed by atoms with E-state index in [4.69, 9.17) is 20.3 Å². The number of carbonyl (C=O) groups excluding carboxylic acids is 1. The molecule has 6 N–H and O–H groups in total. The van der Waals surface area contributed by atoms with Crippen LogP contribution in [0.5, 0.6) is 0 Å². The van der Waals surface area contributed by atoms with E-state index in [9.17, 15) is 20.1 Å². The van der Waals surface area contributed by atoms with E-state index in [-0.39, 0.29) is 5.56 Å². The zero-order valence-electron chi connectivity index (χ0n) is 10.9. The van der Waals surface area contributed by atoms with Crippen LogP contribution in [0, 0.1) is 0 Å². The largest absolute Gasteiger partial charge is 0.422 e. The molecule has 9 heteroatoms. The number of aliphatic hydroxyl groups excluding tert-OH is 3. The molecule has 2 rings (SSSR count). The molecule has 0 saturated carbocycles. The van der Waals surface area contributed by atoms with Crippen LogP contribution in [0.3, 0.4) is 0 Å². The summed E-state index contributed by atoms with van der Waals surface area (Å²) in [6.45, 7) is -0.626. The van der Waals surface area contributed by atoms with Crippen molar-refractivity contribution in [1.29, 1.82) is 0 Å². The first-order chi connectivity index (χ1) is 9.90. The third-order valence-electron chi connectivity index (χ3n) is 3.19. The van der Waals surface area contributed by atoms with E-state index in [2.05, 4.69) is 4.98 Å². The second-order valence-electron chi connectivity index (χ2n) is 4.60. The Morgan fingerprint density at radius 2 is 2.24 bits per heavy atom. The third kappa shape index (κ3) is 2.88. The van der Waals surface area contributed by atoms with Crippen LogP contribution in [0.4, 0.5) is 0 Å². The maximum absolute atomic E-state index is 11.9. The Balaban J connectivity index is 2.19. The van der Waals surface area contributed by atoms with Gasteiger partial charge in [0.15, 0.2) is 12.3 Å². The number of esters is 1. The highest BCUT2D eigenvalue weighted by Crippen LogP contribution is 2.29. The average Bonchev–Trinajstić information content (AvgIpc) is 2.50. The van der Waals surface area contributed by atoms with Gasteiger partial charge in [-0.2, -0.15) is 0 Å². The molecule has 0 amide bonds. The highest BCUT2D eigenvalue weighted by Gasteiger charge is 2.56. The van der Waals surface area contributed by atoms with Crippen LogP contribution in [-0.2, 0) is 9.47 Å². The lowest BCUT2D eigenvalue weighted by Gasteiger charge is -2.45. The molecule has 2 heterocycles. The van der Waals surface area contributed by atoms with Crippen molar-refractivity contribution < 1.29 is 34.7 Å². The number of aliphatic hydroxyl groups is 4. The fraction of sp³-hybridized carbons (Fsp3) is 0.500. The Labute approximate surface area is 119 Å². The van der Waals surface area contributed by atoms with Gasteiger partial charge in [-0.05, 0) is 12.1 Å². The van der Waals surface area contributed by atoms with E-state index in [1.165, 1.54) is 24.5 Å². The maximum atomic E-state index is 11.9. The van der Waals surface area contributed by atoms with Gasteiger partial charge in [0.1, 0.15) is 12.2 Å². The number of pyridine rings is 1. The molecule has 1 saturated heterocycles. The summed E-state index contributed by atoms with van der Waals surface area (Å²) in [6.07, 6.45) is -3.84. The molecule has 1 aliphatic rings. The van der Waals surface area contributed by atoms with E-state index in [0.717, 1.165) is 0 Å². The number of hydrogen-bond donors (Lipinski definition) is 5. The first kappa shape index (κ1) is 15.8. The molecule has 1 aliphatic heterocycles. The lowest BCUT2D eigenvalue weighted by Crippen LogP contribution is -2.70. The smallest absolute Gasteiger partial charge is 0.342 e. The Hall–Kier alpha value is -1.62. The first-order valence-electron chi connectivity index (χ1n) is 6.14. The molecule has 21 heavy (non-hydrogen) atoms. The van der Waals surface area contributed by atoms with Crippen molar-refractivity contribution in [2.75, 3.05) is 6.61 Å². The topological polar surface area (TPSA) is 155 Å². The van der Waals surface area contributed by atoms with Crippen molar-refractivity contribution in [3.63, 3.8) is 0 Å². The van der Waals surface area contributed by atoms with E-state index < -0.39 is 42.9 Å². The van der Waals surface area contributed by atoms with Crippen LogP contribution in [0.1, 0.15) is 10.4 Å². The van der Waals surface area contributed by atoms with Crippen LogP contribution in [0.15, 0.2) is 24.5 Å². The summed E-state index contributed by atoms with van der Waals surface area (Å²) in [5, 5.41) is 38.8. The van der Waals surface area contributed by atoms with Gasteiger partial charge in [-0.1, -0.05) is 0 Å². The van der Waals surface area contributed by atoms with Crippen LogP contribution in [-0.4, -0.2) is 68.3 Å². The summed E-state index contributed by atoms with van der Waals surface area (Å²) < 4.78 is 9.73. The summed E-state index contributed by atoms with van der Waals surface area (Å²) in [5.74, 6) is -3.66. The fourth-order valence-electron chi connectivity index (χ4n) is 1.94. The van der Waals surface area contributed by atoms with Gasteiger partial charge < -0.3 is 35.6 Å². The second kappa shape index (κ2) is 6.02. The van der Waals surface area contributed by atoms with Crippen molar-refractivity contribution in [2.45, 2.75) is 30.3 Å². The number of hydrogen-bond acceptors (Lipinski definition) is 9. The molecule has 5 atom stereocenters. The normalized spacial score (nSPS) is 36.2. The van der Waals surface area contributed by atoms with Gasteiger partial charge in [-0.15, -0.1) is 0 Å². The molecular formula is C12H16N2O7. The van der Waals surface area contributed by atoms with Crippen molar-refractivity contribution in [3.8, 4) is 0 Å². The number of nitrogens with two attached hydrogens (primary N) is 1. The number of carbonyl (C=O) groups is 1. The minimum absolute atomic E-state index is 0.0177. The van der Waals surface area contributed by atoms with E-state index in [0.29, 0.717) is 0 Å². The van der Waals surface area contributed by atoms with Crippen molar-refractivity contribution in [1.82, 2.24) is 4.98 Å². The lowest BCUT2D eigenvalue weighted by molar-refractivity contribution is -0.346. The van der Waals surface area contributed by atoms with Gasteiger partial charge >= 0.3 is 5.97 Å². The van der Waals surface area contributed by atoms with Crippen LogP contribution >= 0.6 is 0 Å². The Kier molecular flexibility index (Phi) is 4.52. The van der Waals surface area contributed by atoms with Crippen LogP contribution in [0.2, 0.25) is 0 Å². The maximum Gasteiger partial charge on any atom is 0.342 e. The molecule has 116 valence electrons. The minimum Gasteiger partial charge on any atom is -0.422 e. The number of ether oxygens (including phenoxy) is 2. The van der Waals surface area contributed by atoms with Crippen LogP contribution < -0.4 is 5.73 Å². The monoisotopic (exact) mass is 300 g/mol. The highest BCUT2D eigenvalue weighted by atomic mass is 16.7. The molecule has 1 unspecified atom stereocenters. The Bertz CT molecular complexity index is 500. The molecule has 0 spiro atoms. The standard InChI is InChI=1S/C12H16N2O7/c13-11-12(19,9(17)8(16)7(5-15)20-11)21-10(18)6-2-1-3-14-4-6/h1-4,7-9,11,15-17,19H,5,13H2/t7-,8-,9+,11?,12-/m1/s1. The number of nitrogens with zero attached hydrogens (tertiary/aromatic N) is 1. The molecule has 9 nitrogen and oxygen atoms in total. The molecule has 1 aromatic heterocycles. The quantitative estimate of drug-likeness (QED) is 0.296. The molecular weight excluding hydrogens is 284 g/mol. The summed E-state index contributed by atoms with van der Waals surface area (Å²) in [5.41, 5.74) is 5.53. The van der Waals surface area contributed by atoms with Gasteiger partial charge in [-0.25, -0.2) is 4.79 Å². The predicted octanol–water partition coefficient (Wildman–Crippen LogP) is -2.68. The zero-order chi connectivity index (χ0) is 15.6. The Morgan fingerprint density at radius 3 is 2.81 bits per heavy atom. The predicted molar refractivity (Wildman–Crippen MR) is 66.6 cm³/mol. The van der Waals surface area contributed by atoms with E-state index >= 15 is 0 Å². The van der Waals surface area contributed by atoms with Gasteiger partial charge in [0.25, 0.3) is 5.79 Å². The van der Waals surface area contributed by atoms with Crippen molar-refractivity contribution >= 4 is 5.97 Å². The number of rotatable bonds is 3. The number of aromatic nitrogens is 1. The Morgan fingerprint density at radius 1 is 1.52 bits per heavy atom. The molecule has 0 aromatic carbocycles. The summed E-state index contributed by atoms with van der Waals surface area (Å²) in [7, 11) is 0. The van der Waals surface area contributed by atoms with Crippen molar-refractivity contribution in [2.24, 2.45) is 5.73 Å². The van der Waals surface area contributed by atoms with Crippen LogP contribution in [0.25, 0.3) is 0 Å². The molecule has 1 fully saturated rings. The fourth-order valence-corrected chi connectivity index (χ4v) is 1.94. The first-order valence-corrected chi connectivity index (χ1v) is 6.14. The van der Waals surface area contributed by atoms with Gasteiger partial charge in [0, 0.05) is 12.4 Å². The highest BCUT2D eigenvalue weighted by molar-refractivity contribution is 5.89. The average molecular weight is 300 g/mol. The molecule has 0 bridgehead atoms. The van der Waals surface area contributed by atoms with E-state index in [1.54, 1.807) is 0 Å². The van der Waals surface area contributed by atoms with Gasteiger partial charge in [-0.3, -0.25) is 4.98 Å². The zero-order valence-corrected chi connectivity index (χ0v) is 10.9.